The van der Waals surface area contributed by atoms with E-state index < -0.39 is 10.8 Å². The molecule has 0 spiro atoms. The van der Waals surface area contributed by atoms with Gasteiger partial charge in [-0.1, -0.05) is 23.7 Å². The lowest BCUT2D eigenvalue weighted by atomic mass is 10.2. The van der Waals surface area contributed by atoms with Crippen molar-refractivity contribution < 1.29 is 9.32 Å². The highest BCUT2D eigenvalue weighted by atomic mass is 35.5. The average Bonchev–Trinajstić information content (AvgIpc) is 2.35. The second-order valence-electron chi connectivity index (χ2n) is 3.84. The fourth-order valence-electron chi connectivity index (χ4n) is 1.48. The normalized spacial score (nSPS) is 12.3. The molecule has 0 fully saturated rings. The van der Waals surface area contributed by atoms with Crippen LogP contribution < -0.4 is 5.73 Å². The molecule has 1 atom stereocenters. The second kappa shape index (κ2) is 5.42. The SMILES string of the molecule is Nc1ccc(S(=O)Cc2ccc(O)cc2)cc1Cl. The Kier molecular flexibility index (Phi) is 3.89. The maximum Gasteiger partial charge on any atom is 0.115 e. The first-order chi connectivity index (χ1) is 8.56. The van der Waals surface area contributed by atoms with Gasteiger partial charge in [0.25, 0.3) is 0 Å². The van der Waals surface area contributed by atoms with Crippen molar-refractivity contribution in [3.05, 3.63) is 53.1 Å². The molecule has 0 aromatic heterocycles. The number of phenols is 1. The molecule has 0 amide bonds. The highest BCUT2D eigenvalue weighted by Crippen LogP contribution is 2.23. The number of nitrogen functional groups attached to an aromatic ring is 1. The molecule has 5 heteroatoms. The zero-order chi connectivity index (χ0) is 13.1. The maximum absolute atomic E-state index is 12.1. The van der Waals surface area contributed by atoms with E-state index in [4.69, 9.17) is 22.4 Å². The molecule has 18 heavy (non-hydrogen) atoms. The number of aromatic hydroxyl groups is 1. The summed E-state index contributed by atoms with van der Waals surface area (Å²) in [5.41, 5.74) is 6.96. The number of rotatable bonds is 3. The zero-order valence-corrected chi connectivity index (χ0v) is 11.0. The van der Waals surface area contributed by atoms with Crippen molar-refractivity contribution >= 4 is 28.1 Å². The minimum atomic E-state index is -1.18. The summed E-state index contributed by atoms with van der Waals surface area (Å²) in [5, 5.41) is 9.58. The summed E-state index contributed by atoms with van der Waals surface area (Å²) in [6.45, 7) is 0. The summed E-state index contributed by atoms with van der Waals surface area (Å²) in [7, 11) is -1.18. The van der Waals surface area contributed by atoms with Gasteiger partial charge in [0.2, 0.25) is 0 Å². The number of halogens is 1. The van der Waals surface area contributed by atoms with Crippen molar-refractivity contribution in [3.63, 3.8) is 0 Å². The smallest absolute Gasteiger partial charge is 0.115 e. The molecule has 2 rings (SSSR count). The van der Waals surface area contributed by atoms with E-state index in [1.54, 1.807) is 42.5 Å². The molecular formula is C13H12ClNO2S. The highest BCUT2D eigenvalue weighted by Gasteiger charge is 2.07. The van der Waals surface area contributed by atoms with Crippen LogP contribution in [0.2, 0.25) is 5.02 Å². The minimum absolute atomic E-state index is 0.195. The Labute approximate surface area is 113 Å². The lowest BCUT2D eigenvalue weighted by Crippen LogP contribution is -1.97. The fourth-order valence-corrected chi connectivity index (χ4v) is 2.85. The van der Waals surface area contributed by atoms with Crippen LogP contribution in [0.3, 0.4) is 0 Å². The molecule has 0 saturated carbocycles. The van der Waals surface area contributed by atoms with Crippen molar-refractivity contribution in [2.75, 3.05) is 5.73 Å². The first-order valence-corrected chi connectivity index (χ1v) is 6.97. The Hall–Kier alpha value is -1.52. The maximum atomic E-state index is 12.1. The van der Waals surface area contributed by atoms with Crippen molar-refractivity contribution in [3.8, 4) is 5.75 Å². The van der Waals surface area contributed by atoms with E-state index in [2.05, 4.69) is 0 Å². The van der Waals surface area contributed by atoms with Gasteiger partial charge in [0.15, 0.2) is 0 Å². The molecule has 0 radical (unpaired) electrons. The fraction of sp³-hybridized carbons (Fsp3) is 0.0769. The predicted octanol–water partition coefficient (Wildman–Crippen LogP) is 2.94. The first-order valence-electron chi connectivity index (χ1n) is 5.27. The third kappa shape index (κ3) is 3.03. The van der Waals surface area contributed by atoms with E-state index in [9.17, 15) is 4.21 Å². The van der Waals surface area contributed by atoms with Gasteiger partial charge in [-0.05, 0) is 35.9 Å². The van der Waals surface area contributed by atoms with Crippen molar-refractivity contribution in [2.24, 2.45) is 0 Å². The summed E-state index contributed by atoms with van der Waals surface area (Å²) < 4.78 is 12.1. The van der Waals surface area contributed by atoms with E-state index in [0.717, 1.165) is 5.56 Å². The number of phenolic OH excluding ortho intramolecular Hbond substituents is 1. The molecule has 0 aliphatic carbocycles. The van der Waals surface area contributed by atoms with E-state index in [1.807, 2.05) is 0 Å². The van der Waals surface area contributed by atoms with Gasteiger partial charge in [-0.15, -0.1) is 0 Å². The molecule has 0 aliphatic heterocycles. The number of hydrogen-bond acceptors (Lipinski definition) is 3. The number of anilines is 1. The van der Waals surface area contributed by atoms with E-state index in [0.29, 0.717) is 21.4 Å². The van der Waals surface area contributed by atoms with Crippen LogP contribution in [0, 0.1) is 0 Å². The summed E-state index contributed by atoms with van der Waals surface area (Å²) in [6, 6.07) is 11.6. The molecule has 1 unspecified atom stereocenters. The molecule has 0 bridgehead atoms. The van der Waals surface area contributed by atoms with Crippen LogP contribution in [-0.4, -0.2) is 9.32 Å². The topological polar surface area (TPSA) is 63.3 Å². The standard InChI is InChI=1S/C13H12ClNO2S/c14-12-7-11(5-6-13(12)15)18(17)8-9-1-3-10(16)4-2-9/h1-7,16H,8,15H2. The van der Waals surface area contributed by atoms with Crippen LogP contribution in [0.1, 0.15) is 5.56 Å². The van der Waals surface area contributed by atoms with Gasteiger partial charge in [-0.3, -0.25) is 4.21 Å². The first kappa shape index (κ1) is 12.9. The van der Waals surface area contributed by atoms with Gasteiger partial charge in [0.1, 0.15) is 5.75 Å². The molecule has 0 aliphatic rings. The number of nitrogens with two attached hydrogens (primary N) is 1. The minimum Gasteiger partial charge on any atom is -0.508 e. The van der Waals surface area contributed by atoms with E-state index >= 15 is 0 Å². The van der Waals surface area contributed by atoms with Crippen LogP contribution in [0.15, 0.2) is 47.4 Å². The number of benzene rings is 2. The Morgan fingerprint density at radius 1 is 1.17 bits per heavy atom. The van der Waals surface area contributed by atoms with Gasteiger partial charge in [-0.25, -0.2) is 0 Å². The quantitative estimate of drug-likeness (QED) is 0.850. The molecule has 94 valence electrons. The highest BCUT2D eigenvalue weighted by molar-refractivity contribution is 7.84. The van der Waals surface area contributed by atoms with Crippen LogP contribution in [0.25, 0.3) is 0 Å². The predicted molar refractivity (Wildman–Crippen MR) is 74.1 cm³/mol. The third-order valence-corrected chi connectivity index (χ3v) is 4.17. The Morgan fingerprint density at radius 3 is 2.44 bits per heavy atom. The summed E-state index contributed by atoms with van der Waals surface area (Å²) >= 11 is 5.89. The molecule has 3 nitrogen and oxygen atoms in total. The van der Waals surface area contributed by atoms with Gasteiger partial charge in [-0.2, -0.15) is 0 Å². The Balaban J connectivity index is 2.16. The molecule has 0 heterocycles. The average molecular weight is 282 g/mol. The van der Waals surface area contributed by atoms with E-state index in [1.165, 1.54) is 0 Å². The second-order valence-corrected chi connectivity index (χ2v) is 5.70. The van der Waals surface area contributed by atoms with Crippen molar-refractivity contribution in [2.45, 2.75) is 10.6 Å². The van der Waals surface area contributed by atoms with Crippen LogP contribution in [0.4, 0.5) is 5.69 Å². The van der Waals surface area contributed by atoms with E-state index in [-0.39, 0.29) is 5.75 Å². The largest absolute Gasteiger partial charge is 0.508 e. The van der Waals surface area contributed by atoms with Crippen molar-refractivity contribution in [1.82, 2.24) is 0 Å². The Morgan fingerprint density at radius 2 is 1.83 bits per heavy atom. The third-order valence-electron chi connectivity index (χ3n) is 2.47. The summed E-state index contributed by atoms with van der Waals surface area (Å²) in [6.07, 6.45) is 0. The van der Waals surface area contributed by atoms with Gasteiger partial charge >= 0.3 is 0 Å². The van der Waals surface area contributed by atoms with Crippen LogP contribution >= 0.6 is 11.6 Å². The van der Waals surface area contributed by atoms with Crippen molar-refractivity contribution in [1.29, 1.82) is 0 Å². The molecule has 0 saturated heterocycles. The van der Waals surface area contributed by atoms with Gasteiger partial charge in [0.05, 0.1) is 27.3 Å². The Bertz CT molecular complexity index is 584. The molecule has 3 N–H and O–H groups in total. The summed E-state index contributed by atoms with van der Waals surface area (Å²) in [5.74, 6) is 0.570. The number of hydrogen-bond donors (Lipinski definition) is 2. The lowest BCUT2D eigenvalue weighted by molar-refractivity contribution is 0.475. The zero-order valence-electron chi connectivity index (χ0n) is 9.47. The molecular weight excluding hydrogens is 270 g/mol. The molecule has 2 aromatic carbocycles. The van der Waals surface area contributed by atoms with Gasteiger partial charge < -0.3 is 10.8 Å². The molecule has 2 aromatic rings. The summed E-state index contributed by atoms with van der Waals surface area (Å²) in [4.78, 5) is 0.641. The van der Waals surface area contributed by atoms with Crippen LogP contribution in [0.5, 0.6) is 5.75 Å². The lowest BCUT2D eigenvalue weighted by Gasteiger charge is -2.05. The van der Waals surface area contributed by atoms with Gasteiger partial charge in [0, 0.05) is 4.90 Å². The van der Waals surface area contributed by atoms with Crippen LogP contribution in [-0.2, 0) is 16.6 Å². The monoisotopic (exact) mass is 281 g/mol.